The van der Waals surface area contributed by atoms with Crippen molar-refractivity contribution in [2.24, 2.45) is 0 Å². The predicted octanol–water partition coefficient (Wildman–Crippen LogP) is 1.54. The van der Waals surface area contributed by atoms with Crippen molar-refractivity contribution in [1.82, 2.24) is 0 Å². The molecular weight excluding hydrogens is 216 g/mol. The Morgan fingerprint density at radius 2 is 1.87 bits per heavy atom. The average molecular weight is 236 g/mol. The molecule has 15 heavy (non-hydrogen) atoms. The first-order chi connectivity index (χ1) is 6.87. The number of esters is 1. The molecule has 0 heterocycles. The van der Waals surface area contributed by atoms with E-state index in [1.54, 1.807) is 13.8 Å². The fourth-order valence-corrected chi connectivity index (χ4v) is 2.78. The second-order valence-electron chi connectivity index (χ2n) is 3.79. The molecule has 90 valence electrons. The lowest BCUT2D eigenvalue weighted by Gasteiger charge is -2.17. The van der Waals surface area contributed by atoms with Gasteiger partial charge < -0.3 is 4.74 Å². The van der Waals surface area contributed by atoms with Crippen LogP contribution >= 0.6 is 0 Å². The first kappa shape index (κ1) is 14.4. The predicted molar refractivity (Wildman–Crippen MR) is 59.4 cm³/mol. The third kappa shape index (κ3) is 3.81. The smallest absolute Gasteiger partial charge is 0.324 e. The maximum Gasteiger partial charge on any atom is 0.324 e. The number of hydrogen-bond donors (Lipinski definition) is 0. The van der Waals surface area contributed by atoms with Gasteiger partial charge in [-0.3, -0.25) is 4.79 Å². The first-order valence-corrected chi connectivity index (χ1v) is 6.79. The maximum absolute atomic E-state index is 11.8. The molecule has 0 aromatic heterocycles. The van der Waals surface area contributed by atoms with Gasteiger partial charge in [-0.1, -0.05) is 19.8 Å². The molecule has 0 radical (unpaired) electrons. The van der Waals surface area contributed by atoms with Crippen molar-refractivity contribution in [3.63, 3.8) is 0 Å². The minimum absolute atomic E-state index is 0.351. The van der Waals surface area contributed by atoms with E-state index < -0.39 is 26.3 Å². The zero-order valence-corrected chi connectivity index (χ0v) is 10.6. The minimum Gasteiger partial charge on any atom is -0.468 e. The highest BCUT2D eigenvalue weighted by Gasteiger charge is 2.34. The number of methoxy groups -OCH3 is 1. The van der Waals surface area contributed by atoms with Crippen LogP contribution in [0, 0.1) is 0 Å². The highest BCUT2D eigenvalue weighted by molar-refractivity contribution is 7.93. The lowest BCUT2D eigenvalue weighted by molar-refractivity contribution is -0.140. The van der Waals surface area contributed by atoms with Crippen LogP contribution in [0.4, 0.5) is 0 Å². The third-order valence-electron chi connectivity index (χ3n) is 2.34. The van der Waals surface area contributed by atoms with E-state index in [0.717, 1.165) is 6.42 Å². The van der Waals surface area contributed by atoms with E-state index in [0.29, 0.717) is 12.8 Å². The molecule has 4 nitrogen and oxygen atoms in total. The van der Waals surface area contributed by atoms with Gasteiger partial charge in [0.15, 0.2) is 15.1 Å². The van der Waals surface area contributed by atoms with Gasteiger partial charge in [0, 0.05) is 0 Å². The molecule has 0 saturated carbocycles. The summed E-state index contributed by atoms with van der Waals surface area (Å²) in [7, 11) is -2.18. The van der Waals surface area contributed by atoms with Crippen molar-refractivity contribution in [2.75, 3.05) is 7.11 Å². The molecule has 0 fully saturated rings. The van der Waals surface area contributed by atoms with E-state index in [-0.39, 0.29) is 0 Å². The SMILES string of the molecule is CCCCC(C(=O)OC)S(=O)(=O)C(C)C. The highest BCUT2D eigenvalue weighted by Crippen LogP contribution is 2.16. The fraction of sp³-hybridized carbons (Fsp3) is 0.900. The molecule has 0 N–H and O–H groups in total. The molecule has 0 aliphatic carbocycles. The molecule has 0 aliphatic heterocycles. The van der Waals surface area contributed by atoms with Crippen LogP contribution in [0.3, 0.4) is 0 Å². The Kier molecular flexibility index (Phi) is 5.87. The van der Waals surface area contributed by atoms with Crippen LogP contribution in [0.5, 0.6) is 0 Å². The molecule has 1 unspecified atom stereocenters. The van der Waals surface area contributed by atoms with E-state index >= 15 is 0 Å². The van der Waals surface area contributed by atoms with Crippen molar-refractivity contribution in [3.05, 3.63) is 0 Å². The molecule has 0 saturated heterocycles. The van der Waals surface area contributed by atoms with Gasteiger partial charge in [-0.05, 0) is 20.3 Å². The van der Waals surface area contributed by atoms with E-state index in [4.69, 9.17) is 0 Å². The Bertz CT molecular complexity index is 293. The number of ether oxygens (including phenoxy) is 1. The van der Waals surface area contributed by atoms with E-state index in [1.807, 2.05) is 6.92 Å². The molecule has 0 rings (SSSR count). The largest absolute Gasteiger partial charge is 0.468 e. The summed E-state index contributed by atoms with van der Waals surface area (Å²) in [6.07, 6.45) is 1.93. The number of carbonyl (C=O) groups is 1. The van der Waals surface area contributed by atoms with Crippen LogP contribution in [-0.2, 0) is 19.4 Å². The summed E-state index contributed by atoms with van der Waals surface area (Å²) in [5.41, 5.74) is 0. The molecule has 5 heteroatoms. The minimum atomic E-state index is -3.40. The zero-order valence-electron chi connectivity index (χ0n) is 9.82. The summed E-state index contributed by atoms with van der Waals surface area (Å²) >= 11 is 0. The van der Waals surface area contributed by atoms with Gasteiger partial charge in [-0.25, -0.2) is 8.42 Å². The molecule has 0 amide bonds. The molecule has 0 aromatic carbocycles. The molecule has 1 atom stereocenters. The van der Waals surface area contributed by atoms with E-state index in [1.165, 1.54) is 7.11 Å². The van der Waals surface area contributed by atoms with E-state index in [9.17, 15) is 13.2 Å². The Balaban J connectivity index is 4.86. The van der Waals surface area contributed by atoms with Crippen molar-refractivity contribution in [2.45, 2.75) is 50.5 Å². The van der Waals surface area contributed by atoms with Gasteiger partial charge in [-0.15, -0.1) is 0 Å². The van der Waals surface area contributed by atoms with Gasteiger partial charge >= 0.3 is 5.97 Å². The van der Waals surface area contributed by atoms with Crippen molar-refractivity contribution < 1.29 is 17.9 Å². The average Bonchev–Trinajstić information content (AvgIpc) is 2.17. The maximum atomic E-state index is 11.8. The number of hydrogen-bond acceptors (Lipinski definition) is 4. The number of rotatable bonds is 6. The summed E-state index contributed by atoms with van der Waals surface area (Å²) in [4.78, 5) is 11.4. The first-order valence-electron chi connectivity index (χ1n) is 5.18. The van der Waals surface area contributed by atoms with Crippen LogP contribution in [-0.4, -0.2) is 32.0 Å². The van der Waals surface area contributed by atoms with Crippen LogP contribution in [0.1, 0.15) is 40.0 Å². The summed E-state index contributed by atoms with van der Waals surface area (Å²) in [5.74, 6) is -0.642. The lowest BCUT2D eigenvalue weighted by atomic mass is 10.2. The Morgan fingerprint density at radius 1 is 1.33 bits per heavy atom. The monoisotopic (exact) mass is 236 g/mol. The quantitative estimate of drug-likeness (QED) is 0.656. The van der Waals surface area contributed by atoms with Crippen molar-refractivity contribution in [3.8, 4) is 0 Å². The lowest BCUT2D eigenvalue weighted by Crippen LogP contribution is -2.36. The zero-order chi connectivity index (χ0) is 12.1. The van der Waals surface area contributed by atoms with Gasteiger partial charge in [0.1, 0.15) is 0 Å². The van der Waals surface area contributed by atoms with Crippen LogP contribution in [0.15, 0.2) is 0 Å². The number of sulfone groups is 1. The Morgan fingerprint density at radius 3 is 2.20 bits per heavy atom. The summed E-state index contributed by atoms with van der Waals surface area (Å²) in [6.45, 7) is 5.12. The second-order valence-corrected chi connectivity index (χ2v) is 6.48. The highest BCUT2D eigenvalue weighted by atomic mass is 32.2. The Labute approximate surface area is 91.9 Å². The summed E-state index contributed by atoms with van der Waals surface area (Å²) in [5, 5.41) is -1.54. The third-order valence-corrected chi connectivity index (χ3v) is 4.87. The van der Waals surface area contributed by atoms with Crippen LogP contribution in [0.25, 0.3) is 0 Å². The summed E-state index contributed by atoms with van der Waals surface area (Å²) < 4.78 is 28.2. The van der Waals surface area contributed by atoms with Gasteiger partial charge in [0.2, 0.25) is 0 Å². The van der Waals surface area contributed by atoms with Crippen molar-refractivity contribution >= 4 is 15.8 Å². The molecule has 0 bridgehead atoms. The fourth-order valence-electron chi connectivity index (χ4n) is 1.27. The molecule has 0 aliphatic rings. The second kappa shape index (κ2) is 6.10. The van der Waals surface area contributed by atoms with Gasteiger partial charge in [0.05, 0.1) is 12.4 Å². The van der Waals surface area contributed by atoms with Gasteiger partial charge in [-0.2, -0.15) is 0 Å². The van der Waals surface area contributed by atoms with Crippen molar-refractivity contribution in [1.29, 1.82) is 0 Å². The number of carbonyl (C=O) groups excluding carboxylic acids is 1. The van der Waals surface area contributed by atoms with E-state index in [2.05, 4.69) is 4.74 Å². The van der Waals surface area contributed by atoms with Gasteiger partial charge in [0.25, 0.3) is 0 Å². The Hall–Kier alpha value is -0.580. The molecule has 0 aromatic rings. The molecular formula is C10H20O4S. The number of unbranched alkanes of at least 4 members (excludes halogenated alkanes) is 1. The topological polar surface area (TPSA) is 60.4 Å². The normalized spacial score (nSPS) is 13.9. The standard InChI is InChI=1S/C10H20O4S/c1-5-6-7-9(10(11)14-4)15(12,13)8(2)3/h8-9H,5-7H2,1-4H3. The van der Waals surface area contributed by atoms with Crippen LogP contribution < -0.4 is 0 Å². The molecule has 0 spiro atoms. The summed E-state index contributed by atoms with van der Waals surface area (Å²) in [6, 6.07) is 0. The van der Waals surface area contributed by atoms with Crippen LogP contribution in [0.2, 0.25) is 0 Å².